The van der Waals surface area contributed by atoms with E-state index in [1.807, 2.05) is 26.1 Å². The summed E-state index contributed by atoms with van der Waals surface area (Å²) in [6.07, 6.45) is 0. The van der Waals surface area contributed by atoms with Gasteiger partial charge in [-0.15, -0.1) is 0 Å². The molecule has 0 spiro atoms. The highest BCUT2D eigenvalue weighted by Crippen LogP contribution is 2.21. The van der Waals surface area contributed by atoms with Gasteiger partial charge in [-0.3, -0.25) is 4.90 Å². The zero-order valence-electron chi connectivity index (χ0n) is 11.3. The number of benzene rings is 1. The van der Waals surface area contributed by atoms with Gasteiger partial charge in [0.2, 0.25) is 0 Å². The summed E-state index contributed by atoms with van der Waals surface area (Å²) in [7, 11) is 1.98. The molecular formula is C15H19FN2O. The van der Waals surface area contributed by atoms with Gasteiger partial charge in [0, 0.05) is 12.6 Å². The van der Waals surface area contributed by atoms with Crippen LogP contribution in [0.4, 0.5) is 4.39 Å². The first-order chi connectivity index (χ1) is 9.10. The molecule has 2 N–H and O–H groups in total. The first kappa shape index (κ1) is 13.8. The molecule has 0 fully saturated rings. The molecule has 0 bridgehead atoms. The molecule has 0 amide bonds. The molecule has 3 nitrogen and oxygen atoms in total. The number of nitrogens with zero attached hydrogens (tertiary/aromatic N) is 1. The molecule has 0 radical (unpaired) electrons. The van der Waals surface area contributed by atoms with Crippen molar-refractivity contribution in [1.82, 2.24) is 4.90 Å². The highest BCUT2D eigenvalue weighted by molar-refractivity contribution is 5.20. The van der Waals surface area contributed by atoms with Crippen molar-refractivity contribution in [2.45, 2.75) is 19.5 Å². The summed E-state index contributed by atoms with van der Waals surface area (Å²) in [5.41, 5.74) is 6.85. The van der Waals surface area contributed by atoms with Gasteiger partial charge in [0.05, 0.1) is 6.54 Å². The average molecular weight is 262 g/mol. The van der Waals surface area contributed by atoms with Gasteiger partial charge in [-0.1, -0.05) is 12.1 Å². The Morgan fingerprint density at radius 3 is 2.42 bits per heavy atom. The van der Waals surface area contributed by atoms with Crippen LogP contribution in [0.25, 0.3) is 0 Å². The second-order valence-electron chi connectivity index (χ2n) is 4.73. The van der Waals surface area contributed by atoms with E-state index in [1.165, 1.54) is 12.1 Å². The summed E-state index contributed by atoms with van der Waals surface area (Å²) in [5.74, 6) is 1.57. The molecule has 1 aromatic carbocycles. The van der Waals surface area contributed by atoms with Gasteiger partial charge in [-0.2, -0.15) is 0 Å². The maximum absolute atomic E-state index is 12.9. The Labute approximate surface area is 112 Å². The van der Waals surface area contributed by atoms with Crippen LogP contribution in [0.15, 0.2) is 40.8 Å². The van der Waals surface area contributed by atoms with Crippen LogP contribution < -0.4 is 5.73 Å². The standard InChI is InChI=1S/C15H19FN2O/c1-11-3-8-14(19-11)10-18(2)15(9-17)12-4-6-13(16)7-5-12/h3-8,15H,9-10,17H2,1-2H3. The van der Waals surface area contributed by atoms with Crippen LogP contribution in [0.5, 0.6) is 0 Å². The number of rotatable bonds is 5. The summed E-state index contributed by atoms with van der Waals surface area (Å²) >= 11 is 0. The van der Waals surface area contributed by atoms with Crippen LogP contribution in [-0.2, 0) is 6.54 Å². The van der Waals surface area contributed by atoms with Gasteiger partial charge in [-0.25, -0.2) is 4.39 Å². The van der Waals surface area contributed by atoms with Gasteiger partial charge in [-0.05, 0) is 43.8 Å². The number of aryl methyl sites for hydroxylation is 1. The third-order valence-corrected chi connectivity index (χ3v) is 3.21. The van der Waals surface area contributed by atoms with Crippen molar-refractivity contribution < 1.29 is 8.81 Å². The molecule has 1 aromatic heterocycles. The predicted molar refractivity (Wildman–Crippen MR) is 73.1 cm³/mol. The zero-order valence-corrected chi connectivity index (χ0v) is 11.3. The van der Waals surface area contributed by atoms with Crippen LogP contribution in [-0.4, -0.2) is 18.5 Å². The average Bonchev–Trinajstić information content (AvgIpc) is 2.78. The van der Waals surface area contributed by atoms with E-state index in [2.05, 4.69) is 4.90 Å². The van der Waals surface area contributed by atoms with E-state index in [-0.39, 0.29) is 11.9 Å². The summed E-state index contributed by atoms with van der Waals surface area (Å²) in [5, 5.41) is 0. The number of furan rings is 1. The molecule has 1 unspecified atom stereocenters. The molecule has 0 aliphatic heterocycles. The minimum Gasteiger partial charge on any atom is -0.465 e. The van der Waals surface area contributed by atoms with Crippen molar-refractivity contribution in [2.75, 3.05) is 13.6 Å². The van der Waals surface area contributed by atoms with Crippen LogP contribution >= 0.6 is 0 Å². The van der Waals surface area contributed by atoms with E-state index in [4.69, 9.17) is 10.2 Å². The van der Waals surface area contributed by atoms with E-state index in [0.717, 1.165) is 17.1 Å². The Balaban J connectivity index is 2.10. The lowest BCUT2D eigenvalue weighted by Crippen LogP contribution is -2.30. The number of nitrogens with two attached hydrogens (primary N) is 1. The minimum atomic E-state index is -0.233. The topological polar surface area (TPSA) is 42.4 Å². The van der Waals surface area contributed by atoms with Crippen LogP contribution in [0.3, 0.4) is 0 Å². The quantitative estimate of drug-likeness (QED) is 0.901. The normalized spacial score (nSPS) is 12.9. The van der Waals surface area contributed by atoms with Gasteiger partial charge in [0.25, 0.3) is 0 Å². The van der Waals surface area contributed by atoms with Crippen molar-refractivity contribution in [3.63, 3.8) is 0 Å². The minimum absolute atomic E-state index is 0.0472. The number of hydrogen-bond donors (Lipinski definition) is 1. The SMILES string of the molecule is Cc1ccc(CN(C)C(CN)c2ccc(F)cc2)o1. The Kier molecular flexibility index (Phi) is 4.35. The zero-order chi connectivity index (χ0) is 13.8. The summed E-state index contributed by atoms with van der Waals surface area (Å²) < 4.78 is 18.5. The van der Waals surface area contributed by atoms with E-state index in [9.17, 15) is 4.39 Å². The number of halogens is 1. The lowest BCUT2D eigenvalue weighted by Gasteiger charge is -2.26. The van der Waals surface area contributed by atoms with Crippen molar-refractivity contribution in [3.05, 3.63) is 59.3 Å². The second-order valence-corrected chi connectivity index (χ2v) is 4.73. The number of hydrogen-bond acceptors (Lipinski definition) is 3. The molecule has 102 valence electrons. The monoisotopic (exact) mass is 262 g/mol. The molecule has 0 aliphatic carbocycles. The predicted octanol–water partition coefficient (Wildman–Crippen LogP) is 2.86. The van der Waals surface area contributed by atoms with Crippen LogP contribution in [0, 0.1) is 12.7 Å². The van der Waals surface area contributed by atoms with Crippen LogP contribution in [0.2, 0.25) is 0 Å². The maximum atomic E-state index is 12.9. The molecule has 1 atom stereocenters. The lowest BCUT2D eigenvalue weighted by molar-refractivity contribution is 0.221. The van der Waals surface area contributed by atoms with E-state index >= 15 is 0 Å². The summed E-state index contributed by atoms with van der Waals surface area (Å²) in [4.78, 5) is 2.10. The molecule has 0 saturated heterocycles. The van der Waals surface area contributed by atoms with E-state index in [0.29, 0.717) is 13.1 Å². The first-order valence-electron chi connectivity index (χ1n) is 6.31. The van der Waals surface area contributed by atoms with Gasteiger partial charge < -0.3 is 10.2 Å². The van der Waals surface area contributed by atoms with E-state index in [1.54, 1.807) is 12.1 Å². The molecule has 2 aromatic rings. The maximum Gasteiger partial charge on any atom is 0.123 e. The molecule has 2 rings (SSSR count). The molecule has 19 heavy (non-hydrogen) atoms. The van der Waals surface area contributed by atoms with Crippen molar-refractivity contribution in [2.24, 2.45) is 5.73 Å². The van der Waals surface area contributed by atoms with Gasteiger partial charge >= 0.3 is 0 Å². The third kappa shape index (κ3) is 3.43. The second kappa shape index (κ2) is 5.99. The van der Waals surface area contributed by atoms with Crippen molar-refractivity contribution in [1.29, 1.82) is 0 Å². The fraction of sp³-hybridized carbons (Fsp3) is 0.333. The summed E-state index contributed by atoms with van der Waals surface area (Å²) in [6, 6.07) is 10.4. The Bertz CT molecular complexity index is 521. The highest BCUT2D eigenvalue weighted by Gasteiger charge is 2.16. The fourth-order valence-corrected chi connectivity index (χ4v) is 2.18. The molecule has 0 saturated carbocycles. The van der Waals surface area contributed by atoms with Crippen LogP contribution in [0.1, 0.15) is 23.1 Å². The molecule has 1 heterocycles. The molecule has 0 aliphatic rings. The third-order valence-electron chi connectivity index (χ3n) is 3.21. The van der Waals surface area contributed by atoms with Gasteiger partial charge in [0.15, 0.2) is 0 Å². The Hall–Kier alpha value is -1.65. The Morgan fingerprint density at radius 2 is 1.89 bits per heavy atom. The largest absolute Gasteiger partial charge is 0.465 e. The summed E-state index contributed by atoms with van der Waals surface area (Å²) in [6.45, 7) is 3.07. The molecular weight excluding hydrogens is 243 g/mol. The fourth-order valence-electron chi connectivity index (χ4n) is 2.18. The Morgan fingerprint density at radius 1 is 1.21 bits per heavy atom. The lowest BCUT2D eigenvalue weighted by atomic mass is 10.1. The van der Waals surface area contributed by atoms with Crippen molar-refractivity contribution >= 4 is 0 Å². The molecule has 4 heteroatoms. The smallest absolute Gasteiger partial charge is 0.123 e. The first-order valence-corrected chi connectivity index (χ1v) is 6.31. The highest BCUT2D eigenvalue weighted by atomic mass is 19.1. The van der Waals surface area contributed by atoms with Crippen molar-refractivity contribution in [3.8, 4) is 0 Å². The van der Waals surface area contributed by atoms with E-state index < -0.39 is 0 Å². The number of likely N-dealkylation sites (N-methyl/N-ethyl adjacent to an activating group) is 1. The van der Waals surface area contributed by atoms with Gasteiger partial charge in [0.1, 0.15) is 17.3 Å².